The number of nitrogens with one attached hydrogen (secondary N) is 1. The second-order valence-electron chi connectivity index (χ2n) is 7.27. The lowest BCUT2D eigenvalue weighted by molar-refractivity contribution is 0.0990. The first-order chi connectivity index (χ1) is 13.4. The van der Waals surface area contributed by atoms with E-state index in [1.807, 2.05) is 32.9 Å². The fraction of sp³-hybridized carbons (Fsp3) is 0.476. The van der Waals surface area contributed by atoms with Crippen LogP contribution in [0.3, 0.4) is 0 Å². The van der Waals surface area contributed by atoms with E-state index in [2.05, 4.69) is 39.2 Å². The monoisotopic (exact) mass is 383 g/mol. The highest BCUT2D eigenvalue weighted by Crippen LogP contribution is 2.25. The van der Waals surface area contributed by atoms with Crippen LogP contribution in [0.4, 0.5) is 5.82 Å². The van der Waals surface area contributed by atoms with Gasteiger partial charge < -0.3 is 20.7 Å². The van der Waals surface area contributed by atoms with Crippen LogP contribution in [-0.4, -0.2) is 41.6 Å². The van der Waals surface area contributed by atoms with Gasteiger partial charge in [-0.15, -0.1) is 0 Å². The SMILES string of the molecule is CCOc1ccc(C(C)N[C@@H]2CCN(c3nc(C(N)=O)nc(C)c3C)C2)cc1. The Morgan fingerprint density at radius 2 is 2.04 bits per heavy atom. The fourth-order valence-corrected chi connectivity index (χ4v) is 3.59. The summed E-state index contributed by atoms with van der Waals surface area (Å²) in [4.78, 5) is 22.3. The molecule has 3 N–H and O–H groups in total. The van der Waals surface area contributed by atoms with Crippen molar-refractivity contribution in [2.24, 2.45) is 5.73 Å². The molecule has 0 bridgehead atoms. The van der Waals surface area contributed by atoms with E-state index in [0.29, 0.717) is 12.6 Å². The number of hydrogen-bond acceptors (Lipinski definition) is 6. The number of hydrogen-bond donors (Lipinski definition) is 2. The molecule has 150 valence electrons. The molecular weight excluding hydrogens is 354 g/mol. The van der Waals surface area contributed by atoms with Gasteiger partial charge in [0.1, 0.15) is 11.6 Å². The van der Waals surface area contributed by atoms with E-state index in [1.54, 1.807) is 0 Å². The Hall–Kier alpha value is -2.67. The maximum Gasteiger partial charge on any atom is 0.286 e. The highest BCUT2D eigenvalue weighted by Gasteiger charge is 2.27. The van der Waals surface area contributed by atoms with E-state index in [9.17, 15) is 4.79 Å². The van der Waals surface area contributed by atoms with Crippen molar-refractivity contribution >= 4 is 11.7 Å². The molecule has 1 aliphatic rings. The average molecular weight is 383 g/mol. The fourth-order valence-electron chi connectivity index (χ4n) is 3.59. The zero-order valence-corrected chi connectivity index (χ0v) is 17.0. The van der Waals surface area contributed by atoms with Crippen LogP contribution in [0.5, 0.6) is 5.75 Å². The molecule has 0 spiro atoms. The minimum absolute atomic E-state index is 0.0808. The maximum atomic E-state index is 11.5. The number of ether oxygens (including phenoxy) is 1. The van der Waals surface area contributed by atoms with E-state index in [-0.39, 0.29) is 11.9 Å². The van der Waals surface area contributed by atoms with E-state index < -0.39 is 5.91 Å². The van der Waals surface area contributed by atoms with Gasteiger partial charge in [0.15, 0.2) is 0 Å². The summed E-state index contributed by atoms with van der Waals surface area (Å²) < 4.78 is 5.51. The number of nitrogens with two attached hydrogens (primary N) is 1. The van der Waals surface area contributed by atoms with Crippen LogP contribution in [-0.2, 0) is 0 Å². The van der Waals surface area contributed by atoms with Crippen molar-refractivity contribution in [2.75, 3.05) is 24.6 Å². The van der Waals surface area contributed by atoms with Crippen molar-refractivity contribution in [3.63, 3.8) is 0 Å². The number of nitrogens with zero attached hydrogens (tertiary/aromatic N) is 3. The molecule has 7 heteroatoms. The predicted octanol–water partition coefficient (Wildman–Crippen LogP) is 2.52. The second kappa shape index (κ2) is 8.56. The molecule has 1 aliphatic heterocycles. The van der Waals surface area contributed by atoms with Gasteiger partial charge in [0, 0.05) is 36.4 Å². The topological polar surface area (TPSA) is 93.4 Å². The van der Waals surface area contributed by atoms with Gasteiger partial charge in [0.25, 0.3) is 5.91 Å². The Morgan fingerprint density at radius 3 is 2.68 bits per heavy atom. The molecule has 7 nitrogen and oxygen atoms in total. The largest absolute Gasteiger partial charge is 0.494 e. The van der Waals surface area contributed by atoms with Crippen LogP contribution >= 0.6 is 0 Å². The minimum Gasteiger partial charge on any atom is -0.494 e. The highest BCUT2D eigenvalue weighted by atomic mass is 16.5. The summed E-state index contributed by atoms with van der Waals surface area (Å²) in [6, 6.07) is 8.80. The first-order valence-electron chi connectivity index (χ1n) is 9.77. The number of benzene rings is 1. The summed E-state index contributed by atoms with van der Waals surface area (Å²) in [5, 5.41) is 3.70. The summed E-state index contributed by atoms with van der Waals surface area (Å²) in [6.07, 6.45) is 1.01. The van der Waals surface area contributed by atoms with Crippen LogP contribution in [0.25, 0.3) is 0 Å². The summed E-state index contributed by atoms with van der Waals surface area (Å²) in [5.74, 6) is 1.18. The molecule has 2 aromatic rings. The molecule has 2 atom stereocenters. The number of aryl methyl sites for hydroxylation is 1. The first kappa shape index (κ1) is 20.1. The lowest BCUT2D eigenvalue weighted by atomic mass is 10.1. The van der Waals surface area contributed by atoms with E-state index in [1.165, 1.54) is 5.56 Å². The average Bonchev–Trinajstić information content (AvgIpc) is 3.12. The van der Waals surface area contributed by atoms with Crippen molar-refractivity contribution in [1.82, 2.24) is 15.3 Å². The number of anilines is 1. The van der Waals surface area contributed by atoms with Crippen LogP contribution in [0.15, 0.2) is 24.3 Å². The number of rotatable bonds is 7. The van der Waals surface area contributed by atoms with Crippen LogP contribution in [0.1, 0.15) is 53.7 Å². The van der Waals surface area contributed by atoms with E-state index in [4.69, 9.17) is 10.5 Å². The summed E-state index contributed by atoms with van der Waals surface area (Å²) in [7, 11) is 0. The van der Waals surface area contributed by atoms with Gasteiger partial charge in [0.2, 0.25) is 5.82 Å². The molecule has 1 fully saturated rings. The molecule has 1 aromatic carbocycles. The minimum atomic E-state index is -0.595. The Bertz CT molecular complexity index is 837. The molecule has 2 heterocycles. The molecule has 0 radical (unpaired) electrons. The van der Waals surface area contributed by atoms with Crippen molar-refractivity contribution in [3.05, 3.63) is 46.9 Å². The highest BCUT2D eigenvalue weighted by molar-refractivity contribution is 5.89. The van der Waals surface area contributed by atoms with E-state index in [0.717, 1.165) is 42.3 Å². The molecule has 1 unspecified atom stereocenters. The lowest BCUT2D eigenvalue weighted by Gasteiger charge is -2.23. The predicted molar refractivity (Wildman–Crippen MR) is 110 cm³/mol. The van der Waals surface area contributed by atoms with Gasteiger partial charge in [-0.2, -0.15) is 0 Å². The third-order valence-electron chi connectivity index (χ3n) is 5.25. The lowest BCUT2D eigenvalue weighted by Crippen LogP contribution is -2.35. The molecule has 1 saturated heterocycles. The molecule has 3 rings (SSSR count). The molecule has 1 amide bonds. The second-order valence-corrected chi connectivity index (χ2v) is 7.27. The molecule has 28 heavy (non-hydrogen) atoms. The molecule has 0 aliphatic carbocycles. The van der Waals surface area contributed by atoms with Crippen molar-refractivity contribution < 1.29 is 9.53 Å². The number of amides is 1. The van der Waals surface area contributed by atoms with Crippen LogP contribution < -0.4 is 20.7 Å². The molecular formula is C21H29N5O2. The van der Waals surface area contributed by atoms with Crippen molar-refractivity contribution in [2.45, 2.75) is 46.2 Å². The van der Waals surface area contributed by atoms with Gasteiger partial charge in [-0.3, -0.25) is 4.79 Å². The first-order valence-corrected chi connectivity index (χ1v) is 9.77. The Kier molecular flexibility index (Phi) is 6.14. The number of primary amides is 1. The van der Waals surface area contributed by atoms with Crippen LogP contribution in [0.2, 0.25) is 0 Å². The van der Waals surface area contributed by atoms with Gasteiger partial charge in [0.05, 0.1) is 6.61 Å². The quantitative estimate of drug-likeness (QED) is 0.763. The third-order valence-corrected chi connectivity index (χ3v) is 5.25. The van der Waals surface area contributed by atoms with Gasteiger partial charge in [-0.1, -0.05) is 12.1 Å². The van der Waals surface area contributed by atoms with Crippen LogP contribution in [0, 0.1) is 13.8 Å². The summed E-state index contributed by atoms with van der Waals surface area (Å²) in [6.45, 7) is 10.4. The maximum absolute atomic E-state index is 11.5. The molecule has 0 saturated carbocycles. The summed E-state index contributed by atoms with van der Waals surface area (Å²) in [5.41, 5.74) is 8.39. The number of aromatic nitrogens is 2. The smallest absolute Gasteiger partial charge is 0.286 e. The third kappa shape index (κ3) is 4.42. The van der Waals surface area contributed by atoms with Gasteiger partial charge in [-0.25, -0.2) is 9.97 Å². The van der Waals surface area contributed by atoms with Gasteiger partial charge in [-0.05, 0) is 51.8 Å². The van der Waals surface area contributed by atoms with Crippen molar-refractivity contribution in [1.29, 1.82) is 0 Å². The van der Waals surface area contributed by atoms with E-state index >= 15 is 0 Å². The van der Waals surface area contributed by atoms with Crippen molar-refractivity contribution in [3.8, 4) is 5.75 Å². The normalized spacial score (nSPS) is 17.6. The Morgan fingerprint density at radius 1 is 1.32 bits per heavy atom. The Balaban J connectivity index is 1.66. The zero-order valence-electron chi connectivity index (χ0n) is 17.0. The zero-order chi connectivity index (χ0) is 20.3. The standard InChI is InChI=1S/C21H29N5O2/c1-5-28-18-8-6-16(7-9-18)15(4)23-17-10-11-26(12-17)21-13(2)14(3)24-20(25-21)19(22)27/h6-9,15,17,23H,5,10-12H2,1-4H3,(H2,22,27)/t15?,17-/m1/s1. The number of carbonyl (C=O) groups excluding carboxylic acids is 1. The Labute approximate surface area is 166 Å². The van der Waals surface area contributed by atoms with Gasteiger partial charge >= 0.3 is 0 Å². The number of carbonyl (C=O) groups is 1. The summed E-state index contributed by atoms with van der Waals surface area (Å²) >= 11 is 0. The molecule has 1 aromatic heterocycles.